The van der Waals surface area contributed by atoms with Crippen LogP contribution in [-0.2, 0) is 19.4 Å². The maximum absolute atomic E-state index is 12.3. The lowest BCUT2D eigenvalue weighted by Gasteiger charge is -2.14. The van der Waals surface area contributed by atoms with Gasteiger partial charge >= 0.3 is 5.97 Å². The molecule has 1 aliphatic heterocycles. The smallest absolute Gasteiger partial charge is 0.337 e. The number of aromatic nitrogens is 2. The van der Waals surface area contributed by atoms with Gasteiger partial charge in [-0.25, -0.2) is 17.9 Å². The lowest BCUT2D eigenvalue weighted by molar-refractivity contribution is -0.118. The summed E-state index contributed by atoms with van der Waals surface area (Å²) in [4.78, 5) is 23.8. The fourth-order valence-electron chi connectivity index (χ4n) is 3.04. The summed E-state index contributed by atoms with van der Waals surface area (Å²) in [7, 11) is -1.83. The minimum Gasteiger partial charge on any atom is -0.482 e. The molecule has 1 saturated heterocycles. The number of anilines is 1. The molecule has 0 radical (unpaired) electrons. The second-order valence-electron chi connectivity index (χ2n) is 6.65. The lowest BCUT2D eigenvalue weighted by Crippen LogP contribution is -2.24. The highest BCUT2D eigenvalue weighted by Gasteiger charge is 2.31. The van der Waals surface area contributed by atoms with Gasteiger partial charge in [0, 0.05) is 6.07 Å². The number of hydrogen-bond acceptors (Lipinski definition) is 7. The molecule has 0 spiro atoms. The first-order valence-corrected chi connectivity index (χ1v) is 11.0. The van der Waals surface area contributed by atoms with E-state index >= 15 is 0 Å². The van der Waals surface area contributed by atoms with E-state index in [2.05, 4.69) is 15.2 Å². The Morgan fingerprint density at radius 3 is 2.72 bits per heavy atom. The number of rotatable bonds is 6. The first kappa shape index (κ1) is 21.1. The Labute approximate surface area is 172 Å². The third kappa shape index (κ3) is 5.07. The van der Waals surface area contributed by atoms with Crippen molar-refractivity contribution >= 4 is 39.1 Å². The van der Waals surface area contributed by atoms with Crippen molar-refractivity contribution in [2.24, 2.45) is 0 Å². The maximum Gasteiger partial charge on any atom is 0.337 e. The molecular formula is C18H20ClN3O6S. The van der Waals surface area contributed by atoms with Crippen LogP contribution in [0.5, 0.6) is 5.75 Å². The van der Waals surface area contributed by atoms with Crippen molar-refractivity contribution in [1.82, 2.24) is 9.78 Å². The van der Waals surface area contributed by atoms with Gasteiger partial charge in [-0.1, -0.05) is 11.6 Å². The number of hydrogen-bond donors (Lipinski definition) is 1. The fourth-order valence-corrected chi connectivity index (χ4v) is 4.97. The highest BCUT2D eigenvalue weighted by atomic mass is 35.5. The average Bonchev–Trinajstić information content (AvgIpc) is 3.21. The lowest BCUT2D eigenvalue weighted by atomic mass is 10.2. The summed E-state index contributed by atoms with van der Waals surface area (Å²) < 4.78 is 35.1. The molecule has 3 rings (SSSR count). The van der Waals surface area contributed by atoms with Crippen LogP contribution in [-0.4, -0.2) is 55.3 Å². The molecule has 1 amide bonds. The largest absolute Gasteiger partial charge is 0.482 e. The zero-order valence-electron chi connectivity index (χ0n) is 15.8. The van der Waals surface area contributed by atoms with Crippen LogP contribution in [0.2, 0.25) is 5.02 Å². The molecule has 2 heterocycles. The number of esters is 1. The Kier molecular flexibility index (Phi) is 6.13. The van der Waals surface area contributed by atoms with Gasteiger partial charge in [0.05, 0.1) is 40.9 Å². The molecule has 1 fully saturated rings. The molecule has 1 aromatic heterocycles. The topological polar surface area (TPSA) is 117 Å². The first-order chi connectivity index (χ1) is 13.7. The van der Waals surface area contributed by atoms with Gasteiger partial charge in [0.2, 0.25) is 0 Å². The Morgan fingerprint density at radius 2 is 2.10 bits per heavy atom. The Balaban J connectivity index is 1.64. The van der Waals surface area contributed by atoms with E-state index in [0.29, 0.717) is 17.9 Å². The predicted molar refractivity (Wildman–Crippen MR) is 106 cm³/mol. The second kappa shape index (κ2) is 8.42. The van der Waals surface area contributed by atoms with Crippen molar-refractivity contribution in [3.05, 3.63) is 40.5 Å². The van der Waals surface area contributed by atoms with E-state index in [1.165, 1.54) is 30.0 Å². The molecule has 9 nitrogen and oxygen atoms in total. The second-order valence-corrected chi connectivity index (χ2v) is 9.28. The minimum absolute atomic E-state index is 0.00432. The number of methoxy groups -OCH3 is 1. The van der Waals surface area contributed by atoms with Gasteiger partial charge in [0.15, 0.2) is 16.4 Å². The molecular weight excluding hydrogens is 422 g/mol. The summed E-state index contributed by atoms with van der Waals surface area (Å²) in [5, 5.41) is 7.16. The van der Waals surface area contributed by atoms with E-state index in [1.807, 2.05) is 0 Å². The number of nitrogens with one attached hydrogen (secondary N) is 1. The van der Waals surface area contributed by atoms with Crippen molar-refractivity contribution < 1.29 is 27.5 Å². The summed E-state index contributed by atoms with van der Waals surface area (Å²) in [6.07, 6.45) is 0.449. The summed E-state index contributed by atoms with van der Waals surface area (Å²) >= 11 is 6.08. The van der Waals surface area contributed by atoms with Crippen molar-refractivity contribution in [3.63, 3.8) is 0 Å². The molecule has 1 atom stereocenters. The van der Waals surface area contributed by atoms with Crippen molar-refractivity contribution in [3.8, 4) is 5.75 Å². The van der Waals surface area contributed by atoms with E-state index in [9.17, 15) is 18.0 Å². The Hall–Kier alpha value is -2.59. The number of ether oxygens (including phenoxy) is 2. The Bertz CT molecular complexity index is 1050. The first-order valence-electron chi connectivity index (χ1n) is 8.75. The van der Waals surface area contributed by atoms with Crippen molar-refractivity contribution in [1.29, 1.82) is 0 Å². The summed E-state index contributed by atoms with van der Waals surface area (Å²) in [5.41, 5.74) is 0.923. The van der Waals surface area contributed by atoms with Crippen LogP contribution in [0.4, 0.5) is 5.82 Å². The van der Waals surface area contributed by atoms with E-state index in [0.717, 1.165) is 0 Å². The Morgan fingerprint density at radius 1 is 1.34 bits per heavy atom. The van der Waals surface area contributed by atoms with Crippen molar-refractivity contribution in [2.45, 2.75) is 19.4 Å². The van der Waals surface area contributed by atoms with Gasteiger partial charge in [0.25, 0.3) is 5.91 Å². The number of halogens is 1. The predicted octanol–water partition coefficient (Wildman–Crippen LogP) is 2.01. The van der Waals surface area contributed by atoms with Crippen LogP contribution in [0.1, 0.15) is 28.5 Å². The third-order valence-corrected chi connectivity index (χ3v) is 6.44. The molecule has 1 N–H and O–H groups in total. The number of amides is 1. The molecule has 11 heteroatoms. The molecule has 156 valence electrons. The van der Waals surface area contributed by atoms with E-state index in [-0.39, 0.29) is 40.5 Å². The normalized spacial score (nSPS) is 17.7. The minimum atomic E-state index is -3.09. The van der Waals surface area contributed by atoms with Gasteiger partial charge in [-0.2, -0.15) is 5.10 Å². The van der Waals surface area contributed by atoms with E-state index < -0.39 is 21.7 Å². The molecule has 0 saturated carbocycles. The average molecular weight is 442 g/mol. The monoisotopic (exact) mass is 441 g/mol. The quantitative estimate of drug-likeness (QED) is 0.681. The molecule has 0 aliphatic carbocycles. The van der Waals surface area contributed by atoms with Gasteiger partial charge in [-0.3, -0.25) is 4.79 Å². The van der Waals surface area contributed by atoms with Crippen LogP contribution < -0.4 is 10.1 Å². The number of nitrogens with zero attached hydrogens (tertiary/aromatic N) is 2. The van der Waals surface area contributed by atoms with Gasteiger partial charge in [0.1, 0.15) is 11.6 Å². The summed E-state index contributed by atoms with van der Waals surface area (Å²) in [6.45, 7) is 1.43. The maximum atomic E-state index is 12.3. The highest BCUT2D eigenvalue weighted by molar-refractivity contribution is 7.91. The van der Waals surface area contributed by atoms with Gasteiger partial charge in [-0.15, -0.1) is 0 Å². The van der Waals surface area contributed by atoms with Crippen molar-refractivity contribution in [2.75, 3.05) is 30.5 Å². The molecule has 1 aromatic carbocycles. The molecule has 1 unspecified atom stereocenters. The standard InChI is InChI=1S/C18H20ClN3O6S/c1-11-7-16(22(21-11)13-5-6-29(25,26)10-13)20-17(23)9-28-15-4-3-12(8-14(15)19)18(24)27-2/h3-4,7-8,13H,5-6,9-10H2,1-2H3,(H,20,23). The SMILES string of the molecule is COC(=O)c1ccc(OCC(=O)Nc2cc(C)nn2C2CCS(=O)(=O)C2)c(Cl)c1. The molecule has 1 aliphatic rings. The van der Waals surface area contributed by atoms with Crippen LogP contribution in [0, 0.1) is 6.92 Å². The number of carbonyl (C=O) groups excluding carboxylic acids is 2. The number of carbonyl (C=O) groups is 2. The molecule has 29 heavy (non-hydrogen) atoms. The van der Waals surface area contributed by atoms with E-state index in [4.69, 9.17) is 16.3 Å². The zero-order valence-corrected chi connectivity index (χ0v) is 17.4. The number of benzene rings is 1. The van der Waals surface area contributed by atoms with Crippen LogP contribution >= 0.6 is 11.6 Å². The fraction of sp³-hybridized carbons (Fsp3) is 0.389. The van der Waals surface area contributed by atoms with Crippen LogP contribution in [0.15, 0.2) is 24.3 Å². The number of aryl methyl sites for hydroxylation is 1. The molecule has 2 aromatic rings. The third-order valence-electron chi connectivity index (χ3n) is 4.39. The van der Waals surface area contributed by atoms with Gasteiger partial charge in [-0.05, 0) is 31.5 Å². The highest BCUT2D eigenvalue weighted by Crippen LogP contribution is 2.28. The van der Waals surface area contributed by atoms with E-state index in [1.54, 1.807) is 13.0 Å². The number of sulfone groups is 1. The molecule has 0 bridgehead atoms. The van der Waals surface area contributed by atoms with Gasteiger partial charge < -0.3 is 14.8 Å². The summed E-state index contributed by atoms with van der Waals surface area (Å²) in [5.74, 6) is -0.247. The summed E-state index contributed by atoms with van der Waals surface area (Å²) in [6, 6.07) is 5.69. The zero-order chi connectivity index (χ0) is 21.2. The van der Waals surface area contributed by atoms with Crippen LogP contribution in [0.3, 0.4) is 0 Å². The van der Waals surface area contributed by atoms with Crippen LogP contribution in [0.25, 0.3) is 0 Å².